The van der Waals surface area contributed by atoms with Gasteiger partial charge in [-0.2, -0.15) is 0 Å². The number of benzene rings is 1. The van der Waals surface area contributed by atoms with Gasteiger partial charge in [0.2, 0.25) is 0 Å². The quantitative estimate of drug-likeness (QED) is 0.667. The molecule has 0 atom stereocenters. The summed E-state index contributed by atoms with van der Waals surface area (Å²) in [6, 6.07) is 4.96. The molecule has 0 bridgehead atoms. The molecule has 0 aliphatic rings. The van der Waals surface area contributed by atoms with E-state index in [1.165, 1.54) is 18.4 Å². The molecule has 1 aromatic carbocycles. The van der Waals surface area contributed by atoms with E-state index in [1.807, 2.05) is 19.2 Å². The van der Waals surface area contributed by atoms with Crippen molar-refractivity contribution < 1.29 is 24.2 Å². The minimum atomic E-state index is -0.931. The average Bonchev–Trinajstić information content (AvgIpc) is 3.15. The standard InChI is InChI=1S/C19H24N2O5S/c1-13(2)9-21(7-6-18(22)23)19(24)14-4-5-16(17(8-14)25-3)26-10-15-11-27-12-20-15/h4-5,8,11-13H,6-7,9-10H2,1-3H3,(H,22,23). The van der Waals surface area contributed by atoms with Crippen molar-refractivity contribution in [2.24, 2.45) is 5.92 Å². The summed E-state index contributed by atoms with van der Waals surface area (Å²) in [6.07, 6.45) is -0.0928. The highest BCUT2D eigenvalue weighted by Gasteiger charge is 2.20. The van der Waals surface area contributed by atoms with Gasteiger partial charge in [0.25, 0.3) is 5.91 Å². The van der Waals surface area contributed by atoms with Gasteiger partial charge in [0.15, 0.2) is 11.5 Å². The maximum atomic E-state index is 12.8. The molecule has 1 heterocycles. The molecule has 7 nitrogen and oxygen atoms in total. The number of ether oxygens (including phenoxy) is 2. The second-order valence-electron chi connectivity index (χ2n) is 6.42. The third kappa shape index (κ3) is 6.25. The van der Waals surface area contributed by atoms with E-state index in [2.05, 4.69) is 4.98 Å². The SMILES string of the molecule is COc1cc(C(=O)N(CCC(=O)O)CC(C)C)ccc1OCc1cscn1. The van der Waals surface area contributed by atoms with E-state index in [0.717, 1.165) is 5.69 Å². The Morgan fingerprint density at radius 2 is 2.07 bits per heavy atom. The summed E-state index contributed by atoms with van der Waals surface area (Å²) >= 11 is 1.49. The van der Waals surface area contributed by atoms with Crippen molar-refractivity contribution in [1.29, 1.82) is 0 Å². The molecule has 1 amide bonds. The first-order valence-electron chi connectivity index (χ1n) is 8.59. The van der Waals surface area contributed by atoms with Gasteiger partial charge in [0.05, 0.1) is 24.7 Å². The van der Waals surface area contributed by atoms with Crippen LogP contribution in [0.4, 0.5) is 0 Å². The number of hydrogen-bond donors (Lipinski definition) is 1. The highest BCUT2D eigenvalue weighted by Crippen LogP contribution is 2.29. The third-order valence-corrected chi connectivity index (χ3v) is 4.37. The Labute approximate surface area is 162 Å². The molecule has 27 heavy (non-hydrogen) atoms. The first kappa shape index (κ1) is 20.7. The largest absolute Gasteiger partial charge is 0.493 e. The molecule has 0 radical (unpaired) electrons. The zero-order valence-electron chi connectivity index (χ0n) is 15.7. The van der Waals surface area contributed by atoms with Crippen LogP contribution in [-0.2, 0) is 11.4 Å². The first-order valence-corrected chi connectivity index (χ1v) is 9.54. The second-order valence-corrected chi connectivity index (χ2v) is 7.14. The zero-order chi connectivity index (χ0) is 19.8. The Balaban J connectivity index is 2.14. The fourth-order valence-electron chi connectivity index (χ4n) is 2.51. The Bertz CT molecular complexity index is 761. The molecule has 0 aliphatic carbocycles. The molecule has 0 unspecified atom stereocenters. The number of aromatic nitrogens is 1. The van der Waals surface area contributed by atoms with Crippen molar-refractivity contribution in [3.05, 3.63) is 40.3 Å². The molecule has 0 saturated carbocycles. The summed E-state index contributed by atoms with van der Waals surface area (Å²) in [5.74, 6) is 0.0291. The smallest absolute Gasteiger partial charge is 0.305 e. The summed E-state index contributed by atoms with van der Waals surface area (Å²) in [7, 11) is 1.51. The molecule has 0 spiro atoms. The van der Waals surface area contributed by atoms with Crippen LogP contribution >= 0.6 is 11.3 Å². The number of amides is 1. The summed E-state index contributed by atoms with van der Waals surface area (Å²) < 4.78 is 11.1. The van der Waals surface area contributed by atoms with Crippen LogP contribution in [-0.4, -0.2) is 47.1 Å². The minimum Gasteiger partial charge on any atom is -0.493 e. The monoisotopic (exact) mass is 392 g/mol. The zero-order valence-corrected chi connectivity index (χ0v) is 16.5. The summed E-state index contributed by atoms with van der Waals surface area (Å²) in [6.45, 7) is 4.92. The Morgan fingerprint density at radius 3 is 2.67 bits per heavy atom. The maximum Gasteiger partial charge on any atom is 0.305 e. The number of nitrogens with zero attached hydrogens (tertiary/aromatic N) is 2. The lowest BCUT2D eigenvalue weighted by Gasteiger charge is -2.24. The molecule has 2 aromatic rings. The second kappa shape index (κ2) is 9.91. The van der Waals surface area contributed by atoms with Gasteiger partial charge in [-0.05, 0) is 24.1 Å². The van der Waals surface area contributed by atoms with Gasteiger partial charge in [0.1, 0.15) is 6.61 Å². The number of hydrogen-bond acceptors (Lipinski definition) is 6. The van der Waals surface area contributed by atoms with Crippen molar-refractivity contribution in [3.8, 4) is 11.5 Å². The van der Waals surface area contributed by atoms with Crippen LogP contribution < -0.4 is 9.47 Å². The predicted molar refractivity (Wildman–Crippen MR) is 102 cm³/mol. The number of aliphatic carboxylic acids is 1. The summed E-state index contributed by atoms with van der Waals surface area (Å²) in [4.78, 5) is 29.5. The van der Waals surface area contributed by atoms with Crippen LogP contribution in [0.3, 0.4) is 0 Å². The number of carboxylic acid groups (broad SMARTS) is 1. The van der Waals surface area contributed by atoms with Crippen LogP contribution in [0.5, 0.6) is 11.5 Å². The number of carbonyl (C=O) groups excluding carboxylic acids is 1. The molecular formula is C19H24N2O5S. The van der Waals surface area contributed by atoms with E-state index < -0.39 is 5.97 Å². The van der Waals surface area contributed by atoms with E-state index in [4.69, 9.17) is 14.6 Å². The minimum absolute atomic E-state index is 0.0928. The molecule has 146 valence electrons. The number of carbonyl (C=O) groups is 2. The molecule has 8 heteroatoms. The summed E-state index contributed by atoms with van der Waals surface area (Å²) in [5, 5.41) is 10.8. The Hall–Kier alpha value is -2.61. The molecule has 1 N–H and O–H groups in total. The summed E-state index contributed by atoms with van der Waals surface area (Å²) in [5.41, 5.74) is 2.98. The van der Waals surface area contributed by atoms with Crippen molar-refractivity contribution >= 4 is 23.2 Å². The molecule has 0 saturated heterocycles. The van der Waals surface area contributed by atoms with Crippen LogP contribution in [0.2, 0.25) is 0 Å². The van der Waals surface area contributed by atoms with Gasteiger partial charge in [-0.1, -0.05) is 13.8 Å². The van der Waals surface area contributed by atoms with Crippen molar-refractivity contribution in [3.63, 3.8) is 0 Å². The van der Waals surface area contributed by atoms with E-state index in [1.54, 1.807) is 28.6 Å². The lowest BCUT2D eigenvalue weighted by Crippen LogP contribution is -2.36. The van der Waals surface area contributed by atoms with Crippen molar-refractivity contribution in [1.82, 2.24) is 9.88 Å². The maximum absolute atomic E-state index is 12.8. The van der Waals surface area contributed by atoms with E-state index in [-0.39, 0.29) is 24.8 Å². The normalized spacial score (nSPS) is 10.7. The van der Waals surface area contributed by atoms with Gasteiger partial charge in [-0.3, -0.25) is 9.59 Å². The van der Waals surface area contributed by atoms with Gasteiger partial charge < -0.3 is 19.5 Å². The highest BCUT2D eigenvalue weighted by atomic mass is 32.1. The van der Waals surface area contributed by atoms with Crippen LogP contribution in [0.25, 0.3) is 0 Å². The first-order chi connectivity index (χ1) is 12.9. The van der Waals surface area contributed by atoms with Gasteiger partial charge in [-0.15, -0.1) is 11.3 Å². The lowest BCUT2D eigenvalue weighted by molar-refractivity contribution is -0.137. The Kier molecular flexibility index (Phi) is 7.60. The molecule has 2 rings (SSSR count). The number of carboxylic acids is 1. The fourth-order valence-corrected chi connectivity index (χ4v) is 3.05. The highest BCUT2D eigenvalue weighted by molar-refractivity contribution is 7.07. The van der Waals surface area contributed by atoms with E-state index >= 15 is 0 Å². The average molecular weight is 392 g/mol. The van der Waals surface area contributed by atoms with Gasteiger partial charge in [0, 0.05) is 24.0 Å². The van der Waals surface area contributed by atoms with Crippen molar-refractivity contribution in [2.45, 2.75) is 26.9 Å². The predicted octanol–water partition coefficient (Wildman–Crippen LogP) is 3.30. The number of methoxy groups -OCH3 is 1. The lowest BCUT2D eigenvalue weighted by atomic mass is 10.1. The Morgan fingerprint density at radius 1 is 1.30 bits per heavy atom. The van der Waals surface area contributed by atoms with Crippen LogP contribution in [0.1, 0.15) is 36.3 Å². The van der Waals surface area contributed by atoms with Gasteiger partial charge >= 0.3 is 5.97 Å². The van der Waals surface area contributed by atoms with E-state index in [0.29, 0.717) is 30.2 Å². The molecular weight excluding hydrogens is 368 g/mol. The van der Waals surface area contributed by atoms with Crippen LogP contribution in [0, 0.1) is 5.92 Å². The molecule has 1 aromatic heterocycles. The molecule has 0 fully saturated rings. The van der Waals surface area contributed by atoms with Crippen molar-refractivity contribution in [2.75, 3.05) is 20.2 Å². The van der Waals surface area contributed by atoms with E-state index in [9.17, 15) is 9.59 Å². The molecule has 0 aliphatic heterocycles. The van der Waals surface area contributed by atoms with Crippen LogP contribution in [0.15, 0.2) is 29.1 Å². The third-order valence-electron chi connectivity index (χ3n) is 3.74. The topological polar surface area (TPSA) is 89.0 Å². The van der Waals surface area contributed by atoms with Gasteiger partial charge in [-0.25, -0.2) is 4.98 Å². The number of rotatable bonds is 10. The number of thiazole rings is 1. The fraction of sp³-hybridized carbons (Fsp3) is 0.421.